The van der Waals surface area contributed by atoms with Gasteiger partial charge in [0.25, 0.3) is 0 Å². The van der Waals surface area contributed by atoms with Crippen LogP contribution in [0.4, 0.5) is 8.78 Å². The Morgan fingerprint density at radius 1 is 1.00 bits per heavy atom. The highest BCUT2D eigenvalue weighted by atomic mass is 19.3. The number of likely N-dealkylation sites (tertiary alicyclic amines) is 2. The fraction of sp³-hybridized carbons (Fsp3) is 0.727. The molecule has 1 saturated carbocycles. The standard InChI is InChI=1S/C22H30F2N2O3/c23-22(24)28-20-6-5-16(11-21(20)29-22)12-26-13-17-18(14-26)19(17)15-27-10-4-9-25-7-2-1-3-8-25/h5-6,11,17-19H,1-4,7-10,12-15H2/t17-,18+,19?. The summed E-state index contributed by atoms with van der Waals surface area (Å²) in [6, 6.07) is 5.09. The molecule has 29 heavy (non-hydrogen) atoms. The van der Waals surface area contributed by atoms with Crippen molar-refractivity contribution in [2.24, 2.45) is 17.8 Å². The van der Waals surface area contributed by atoms with Crippen molar-refractivity contribution in [3.05, 3.63) is 23.8 Å². The van der Waals surface area contributed by atoms with Crippen LogP contribution in [-0.4, -0.2) is 62.0 Å². The molecular weight excluding hydrogens is 378 g/mol. The molecule has 0 radical (unpaired) electrons. The molecule has 3 atom stereocenters. The van der Waals surface area contributed by atoms with Crippen LogP contribution in [0.15, 0.2) is 18.2 Å². The van der Waals surface area contributed by atoms with Gasteiger partial charge in [0.05, 0.1) is 6.61 Å². The maximum absolute atomic E-state index is 13.1. The van der Waals surface area contributed by atoms with Crippen LogP contribution in [0.25, 0.3) is 0 Å². The first-order chi connectivity index (χ1) is 14.1. The molecule has 0 amide bonds. The summed E-state index contributed by atoms with van der Waals surface area (Å²) in [7, 11) is 0. The van der Waals surface area contributed by atoms with Gasteiger partial charge in [-0.15, -0.1) is 8.78 Å². The first-order valence-electron chi connectivity index (χ1n) is 11.0. The molecule has 3 aliphatic heterocycles. The maximum Gasteiger partial charge on any atom is 0.586 e. The third kappa shape index (κ3) is 4.52. The van der Waals surface area contributed by atoms with Gasteiger partial charge in [-0.25, -0.2) is 0 Å². The topological polar surface area (TPSA) is 34.2 Å². The summed E-state index contributed by atoms with van der Waals surface area (Å²) < 4.78 is 41.3. The van der Waals surface area contributed by atoms with E-state index in [4.69, 9.17) is 4.74 Å². The van der Waals surface area contributed by atoms with Crippen molar-refractivity contribution in [2.45, 2.75) is 38.5 Å². The Morgan fingerprint density at radius 2 is 1.76 bits per heavy atom. The van der Waals surface area contributed by atoms with Crippen LogP contribution in [0.2, 0.25) is 0 Å². The Morgan fingerprint density at radius 3 is 2.55 bits per heavy atom. The van der Waals surface area contributed by atoms with Crippen molar-refractivity contribution in [2.75, 3.05) is 45.9 Å². The van der Waals surface area contributed by atoms with Crippen molar-refractivity contribution in [1.82, 2.24) is 9.80 Å². The molecule has 0 bridgehead atoms. The number of rotatable bonds is 8. The van der Waals surface area contributed by atoms with Gasteiger partial charge in [-0.1, -0.05) is 12.5 Å². The number of piperidine rings is 2. The summed E-state index contributed by atoms with van der Waals surface area (Å²) in [6.45, 7) is 8.35. The summed E-state index contributed by atoms with van der Waals surface area (Å²) in [6.07, 6.45) is 1.68. The first kappa shape index (κ1) is 19.5. The van der Waals surface area contributed by atoms with Crippen LogP contribution in [0, 0.1) is 17.8 Å². The number of halogens is 2. The number of ether oxygens (including phenoxy) is 3. The van der Waals surface area contributed by atoms with Crippen LogP contribution >= 0.6 is 0 Å². The molecule has 3 fully saturated rings. The predicted octanol–water partition coefficient (Wildman–Crippen LogP) is 3.58. The second kappa shape index (κ2) is 8.00. The zero-order chi connectivity index (χ0) is 19.8. The number of benzene rings is 1. The molecule has 3 heterocycles. The molecule has 7 heteroatoms. The monoisotopic (exact) mass is 408 g/mol. The summed E-state index contributed by atoms with van der Waals surface area (Å²) in [5, 5.41) is 0. The predicted molar refractivity (Wildman–Crippen MR) is 104 cm³/mol. The van der Waals surface area contributed by atoms with E-state index in [0.29, 0.717) is 5.92 Å². The first-order valence-corrected chi connectivity index (χ1v) is 11.0. The quantitative estimate of drug-likeness (QED) is 0.615. The van der Waals surface area contributed by atoms with Crippen molar-refractivity contribution in [1.29, 1.82) is 0 Å². The Hall–Kier alpha value is -1.44. The lowest BCUT2D eigenvalue weighted by Crippen LogP contribution is -2.31. The van der Waals surface area contributed by atoms with Gasteiger partial charge in [0, 0.05) is 32.8 Å². The second-order valence-corrected chi connectivity index (χ2v) is 8.96. The molecule has 1 aliphatic carbocycles. The molecule has 5 nitrogen and oxygen atoms in total. The van der Waals surface area contributed by atoms with Gasteiger partial charge >= 0.3 is 6.29 Å². The van der Waals surface area contributed by atoms with Gasteiger partial charge in [0.1, 0.15) is 0 Å². The van der Waals surface area contributed by atoms with E-state index in [0.717, 1.165) is 56.7 Å². The summed E-state index contributed by atoms with van der Waals surface area (Å²) in [5.41, 5.74) is 0.983. The third-order valence-corrected chi connectivity index (χ3v) is 6.84. The molecule has 0 spiro atoms. The Labute approximate surface area is 170 Å². The molecule has 1 unspecified atom stereocenters. The van der Waals surface area contributed by atoms with Crippen LogP contribution in [0.5, 0.6) is 11.5 Å². The molecule has 0 N–H and O–H groups in total. The Balaban J connectivity index is 0.989. The van der Waals surface area contributed by atoms with E-state index in [1.54, 1.807) is 12.1 Å². The zero-order valence-electron chi connectivity index (χ0n) is 16.8. The average molecular weight is 408 g/mol. The molecule has 1 aromatic carbocycles. The highest BCUT2D eigenvalue weighted by molar-refractivity contribution is 5.45. The normalized spacial score (nSPS) is 30.5. The van der Waals surface area contributed by atoms with Gasteiger partial charge in [0.2, 0.25) is 0 Å². The molecule has 160 valence electrons. The summed E-state index contributed by atoms with van der Waals surface area (Å²) >= 11 is 0. The van der Waals surface area contributed by atoms with Crippen molar-refractivity contribution >= 4 is 0 Å². The van der Waals surface area contributed by atoms with E-state index in [-0.39, 0.29) is 11.5 Å². The molecule has 2 saturated heterocycles. The minimum absolute atomic E-state index is 0.112. The average Bonchev–Trinajstić information content (AvgIpc) is 3.01. The van der Waals surface area contributed by atoms with E-state index in [1.807, 2.05) is 6.07 Å². The molecule has 0 aromatic heterocycles. The lowest BCUT2D eigenvalue weighted by molar-refractivity contribution is -0.286. The van der Waals surface area contributed by atoms with Gasteiger partial charge in [0.15, 0.2) is 11.5 Å². The molecule has 5 rings (SSSR count). The maximum atomic E-state index is 13.1. The van der Waals surface area contributed by atoms with E-state index < -0.39 is 6.29 Å². The Kier molecular flexibility index (Phi) is 5.39. The van der Waals surface area contributed by atoms with Crippen molar-refractivity contribution < 1.29 is 23.0 Å². The van der Waals surface area contributed by atoms with E-state index in [9.17, 15) is 8.78 Å². The van der Waals surface area contributed by atoms with Crippen LogP contribution in [0.1, 0.15) is 31.2 Å². The Bertz CT molecular complexity index is 714. The SMILES string of the molecule is FC1(F)Oc2ccc(CN3C[C@@H]4C(COCCCN5CCCCC5)[C@@H]4C3)cc2O1. The molecule has 4 aliphatic rings. The number of hydrogen-bond acceptors (Lipinski definition) is 5. The highest BCUT2D eigenvalue weighted by Crippen LogP contribution is 2.52. The lowest BCUT2D eigenvalue weighted by Gasteiger charge is -2.26. The minimum atomic E-state index is -3.54. The largest absolute Gasteiger partial charge is 0.586 e. The fourth-order valence-electron chi connectivity index (χ4n) is 5.26. The smallest absolute Gasteiger partial charge is 0.395 e. The summed E-state index contributed by atoms with van der Waals surface area (Å²) in [5.74, 6) is 2.41. The van der Waals surface area contributed by atoms with Gasteiger partial charge in [-0.3, -0.25) is 4.90 Å². The van der Waals surface area contributed by atoms with E-state index in [1.165, 1.54) is 38.9 Å². The number of fused-ring (bicyclic) bond motifs is 2. The third-order valence-electron chi connectivity index (χ3n) is 6.84. The fourth-order valence-corrected chi connectivity index (χ4v) is 5.26. The van der Waals surface area contributed by atoms with E-state index in [2.05, 4.69) is 19.3 Å². The highest BCUT2D eigenvalue weighted by Gasteiger charge is 2.55. The zero-order valence-corrected chi connectivity index (χ0v) is 16.8. The van der Waals surface area contributed by atoms with Gasteiger partial charge in [-0.2, -0.15) is 0 Å². The number of hydrogen-bond donors (Lipinski definition) is 0. The van der Waals surface area contributed by atoms with Crippen LogP contribution in [0.3, 0.4) is 0 Å². The number of alkyl halides is 2. The van der Waals surface area contributed by atoms with Gasteiger partial charge in [-0.05, 0) is 67.8 Å². The molecular formula is C22H30F2N2O3. The second-order valence-electron chi connectivity index (χ2n) is 8.96. The minimum Gasteiger partial charge on any atom is -0.395 e. The van der Waals surface area contributed by atoms with Crippen molar-refractivity contribution in [3.63, 3.8) is 0 Å². The van der Waals surface area contributed by atoms with Crippen LogP contribution < -0.4 is 9.47 Å². The van der Waals surface area contributed by atoms with E-state index >= 15 is 0 Å². The van der Waals surface area contributed by atoms with Gasteiger partial charge < -0.3 is 19.1 Å². The number of nitrogens with zero attached hydrogens (tertiary/aromatic N) is 2. The van der Waals surface area contributed by atoms with Crippen LogP contribution in [-0.2, 0) is 11.3 Å². The lowest BCUT2D eigenvalue weighted by atomic mass is 10.1. The molecule has 1 aromatic rings. The van der Waals surface area contributed by atoms with Crippen molar-refractivity contribution in [3.8, 4) is 11.5 Å². The summed E-state index contributed by atoms with van der Waals surface area (Å²) in [4.78, 5) is 4.96.